The number of thiazole rings is 1. The van der Waals surface area contributed by atoms with Gasteiger partial charge in [0.05, 0.1) is 11.1 Å². The number of aromatic nitrogens is 3. The lowest BCUT2D eigenvalue weighted by Crippen LogP contribution is -2.31. The van der Waals surface area contributed by atoms with Crippen molar-refractivity contribution in [2.75, 3.05) is 36.0 Å². The third-order valence-electron chi connectivity index (χ3n) is 5.39. The second kappa shape index (κ2) is 7.72. The molecule has 1 fully saturated rings. The maximum Gasteiger partial charge on any atom is 0.185 e. The molecule has 0 spiro atoms. The van der Waals surface area contributed by atoms with Crippen molar-refractivity contribution < 1.29 is 0 Å². The molecule has 1 saturated heterocycles. The molecule has 0 saturated carbocycles. The van der Waals surface area contributed by atoms with Crippen LogP contribution in [-0.2, 0) is 0 Å². The molecule has 0 atom stereocenters. The van der Waals surface area contributed by atoms with Gasteiger partial charge in [0.25, 0.3) is 0 Å². The maximum atomic E-state index is 4.74. The number of rotatable bonds is 3. The van der Waals surface area contributed by atoms with Gasteiger partial charge < -0.3 is 9.80 Å². The Balaban J connectivity index is 1.48. The average molecular weight is 422 g/mol. The van der Waals surface area contributed by atoms with E-state index in [9.17, 15) is 0 Å². The first-order valence-corrected chi connectivity index (χ1v) is 11.7. The Hall–Kier alpha value is -2.51. The standard InChI is InChI=1S/C22H23N5S2/c1-15-4-6-17(7-5-15)18-13-28-21-19(18)20(23-14-24-21)26-8-3-9-27(11-10-26)22-25-16(2)12-29-22/h4-7,12-14H,3,8-11H2,1-2H3. The third kappa shape index (κ3) is 3.60. The number of anilines is 2. The van der Waals surface area contributed by atoms with E-state index in [4.69, 9.17) is 4.98 Å². The summed E-state index contributed by atoms with van der Waals surface area (Å²) in [6.45, 7) is 8.11. The van der Waals surface area contributed by atoms with E-state index in [0.717, 1.165) is 54.1 Å². The lowest BCUT2D eigenvalue weighted by molar-refractivity contribution is 0.798. The summed E-state index contributed by atoms with van der Waals surface area (Å²) in [6.07, 6.45) is 2.80. The predicted octanol–water partition coefficient (Wildman–Crippen LogP) is 5.15. The molecule has 1 aliphatic heterocycles. The minimum Gasteiger partial charge on any atom is -0.354 e. The van der Waals surface area contributed by atoms with Gasteiger partial charge in [-0.05, 0) is 25.8 Å². The zero-order valence-corrected chi connectivity index (χ0v) is 18.3. The summed E-state index contributed by atoms with van der Waals surface area (Å²) in [4.78, 5) is 19.9. The number of hydrogen-bond acceptors (Lipinski definition) is 7. The topological polar surface area (TPSA) is 45.2 Å². The summed E-state index contributed by atoms with van der Waals surface area (Å²) in [5, 5.41) is 6.66. The molecule has 0 aliphatic carbocycles. The van der Waals surface area contributed by atoms with Gasteiger partial charge in [-0.25, -0.2) is 15.0 Å². The predicted molar refractivity (Wildman–Crippen MR) is 123 cm³/mol. The highest BCUT2D eigenvalue weighted by Gasteiger charge is 2.22. The molecule has 1 aliphatic rings. The minimum atomic E-state index is 0.938. The number of hydrogen-bond donors (Lipinski definition) is 0. The van der Waals surface area contributed by atoms with Crippen LogP contribution in [0.25, 0.3) is 21.3 Å². The fourth-order valence-corrected chi connectivity index (χ4v) is 5.62. The lowest BCUT2D eigenvalue weighted by Gasteiger charge is -2.23. The van der Waals surface area contributed by atoms with E-state index in [-0.39, 0.29) is 0 Å². The van der Waals surface area contributed by atoms with Crippen LogP contribution in [0.3, 0.4) is 0 Å². The Bertz CT molecular complexity index is 1130. The molecule has 7 heteroatoms. The normalized spacial score (nSPS) is 15.1. The van der Waals surface area contributed by atoms with E-state index in [1.54, 1.807) is 29.0 Å². The monoisotopic (exact) mass is 421 g/mol. The van der Waals surface area contributed by atoms with Crippen molar-refractivity contribution >= 4 is 43.8 Å². The van der Waals surface area contributed by atoms with Crippen molar-refractivity contribution in [3.8, 4) is 11.1 Å². The van der Waals surface area contributed by atoms with Crippen molar-refractivity contribution in [1.82, 2.24) is 15.0 Å². The molecule has 0 unspecified atom stereocenters. The first-order valence-electron chi connectivity index (χ1n) is 9.90. The van der Waals surface area contributed by atoms with Crippen LogP contribution in [0.5, 0.6) is 0 Å². The van der Waals surface area contributed by atoms with Gasteiger partial charge in [0.15, 0.2) is 5.13 Å². The minimum absolute atomic E-state index is 0.938. The van der Waals surface area contributed by atoms with Crippen LogP contribution in [0.1, 0.15) is 17.7 Å². The zero-order valence-electron chi connectivity index (χ0n) is 16.6. The average Bonchev–Trinajstić information content (AvgIpc) is 3.28. The molecule has 0 radical (unpaired) electrons. The lowest BCUT2D eigenvalue weighted by atomic mass is 10.0. The second-order valence-electron chi connectivity index (χ2n) is 7.49. The largest absolute Gasteiger partial charge is 0.354 e. The van der Waals surface area contributed by atoms with Crippen LogP contribution in [0.15, 0.2) is 41.4 Å². The molecule has 1 aromatic carbocycles. The quantitative estimate of drug-likeness (QED) is 0.458. The van der Waals surface area contributed by atoms with Gasteiger partial charge in [-0.2, -0.15) is 0 Å². The molecule has 4 aromatic rings. The van der Waals surface area contributed by atoms with Gasteiger partial charge in [0.1, 0.15) is 17.0 Å². The van der Waals surface area contributed by atoms with Crippen LogP contribution >= 0.6 is 22.7 Å². The molecular formula is C22H23N5S2. The van der Waals surface area contributed by atoms with E-state index < -0.39 is 0 Å². The van der Waals surface area contributed by atoms with Gasteiger partial charge in [0, 0.05) is 42.5 Å². The molecule has 5 rings (SSSR count). The number of thiophene rings is 1. The van der Waals surface area contributed by atoms with Crippen LogP contribution < -0.4 is 9.80 Å². The highest BCUT2D eigenvalue weighted by Crippen LogP contribution is 2.38. The molecule has 3 aromatic heterocycles. The van der Waals surface area contributed by atoms with Gasteiger partial charge in [-0.15, -0.1) is 22.7 Å². The Morgan fingerprint density at radius 1 is 0.862 bits per heavy atom. The second-order valence-corrected chi connectivity index (χ2v) is 9.19. The van der Waals surface area contributed by atoms with Gasteiger partial charge in [-0.1, -0.05) is 29.8 Å². The number of benzene rings is 1. The zero-order chi connectivity index (χ0) is 19.8. The van der Waals surface area contributed by atoms with Crippen LogP contribution in [0.4, 0.5) is 10.9 Å². The van der Waals surface area contributed by atoms with Crippen molar-refractivity contribution in [3.05, 3.63) is 52.6 Å². The maximum absolute atomic E-state index is 4.74. The molecule has 0 N–H and O–H groups in total. The van der Waals surface area contributed by atoms with Crippen molar-refractivity contribution in [2.45, 2.75) is 20.3 Å². The molecule has 4 heterocycles. The van der Waals surface area contributed by atoms with E-state index in [1.807, 2.05) is 0 Å². The van der Waals surface area contributed by atoms with Gasteiger partial charge in [-0.3, -0.25) is 0 Å². The van der Waals surface area contributed by atoms with Crippen LogP contribution in [0.2, 0.25) is 0 Å². The molecular weight excluding hydrogens is 398 g/mol. The first kappa shape index (κ1) is 18.5. The van der Waals surface area contributed by atoms with Crippen molar-refractivity contribution in [1.29, 1.82) is 0 Å². The summed E-state index contributed by atoms with van der Waals surface area (Å²) >= 11 is 3.44. The number of fused-ring (bicyclic) bond motifs is 1. The molecule has 5 nitrogen and oxygen atoms in total. The van der Waals surface area contributed by atoms with E-state index in [0.29, 0.717) is 0 Å². The SMILES string of the molecule is Cc1ccc(-c2csc3ncnc(N4CCCN(c5nc(C)cs5)CC4)c23)cc1. The fourth-order valence-electron chi connectivity index (χ4n) is 3.85. The summed E-state index contributed by atoms with van der Waals surface area (Å²) in [5.74, 6) is 1.06. The Labute approximate surface area is 178 Å². The summed E-state index contributed by atoms with van der Waals surface area (Å²) < 4.78 is 0. The Morgan fingerprint density at radius 3 is 2.45 bits per heavy atom. The highest BCUT2D eigenvalue weighted by molar-refractivity contribution is 7.17. The van der Waals surface area contributed by atoms with E-state index in [2.05, 4.69) is 68.6 Å². The number of aryl methyl sites for hydroxylation is 2. The summed E-state index contributed by atoms with van der Waals surface area (Å²) in [5.41, 5.74) is 4.84. The fraction of sp³-hybridized carbons (Fsp3) is 0.318. The highest BCUT2D eigenvalue weighted by atomic mass is 32.1. The van der Waals surface area contributed by atoms with Crippen LogP contribution in [-0.4, -0.2) is 41.1 Å². The van der Waals surface area contributed by atoms with Gasteiger partial charge in [0.2, 0.25) is 0 Å². The molecule has 148 valence electrons. The molecule has 29 heavy (non-hydrogen) atoms. The molecule has 0 bridgehead atoms. The van der Waals surface area contributed by atoms with Crippen LogP contribution in [0, 0.1) is 13.8 Å². The van der Waals surface area contributed by atoms with Crippen molar-refractivity contribution in [2.24, 2.45) is 0 Å². The molecule has 0 amide bonds. The Morgan fingerprint density at radius 2 is 1.66 bits per heavy atom. The summed E-state index contributed by atoms with van der Waals surface area (Å²) in [6, 6.07) is 8.73. The Kier molecular flexibility index (Phi) is 4.93. The van der Waals surface area contributed by atoms with E-state index in [1.165, 1.54) is 22.1 Å². The summed E-state index contributed by atoms with van der Waals surface area (Å²) in [7, 11) is 0. The van der Waals surface area contributed by atoms with Crippen molar-refractivity contribution in [3.63, 3.8) is 0 Å². The smallest absolute Gasteiger partial charge is 0.185 e. The van der Waals surface area contributed by atoms with E-state index >= 15 is 0 Å². The van der Waals surface area contributed by atoms with Gasteiger partial charge >= 0.3 is 0 Å². The number of nitrogens with zero attached hydrogens (tertiary/aromatic N) is 5. The third-order valence-corrected chi connectivity index (χ3v) is 7.29. The first-order chi connectivity index (χ1) is 14.2.